The molecule has 0 bridgehead atoms. The van der Waals surface area contributed by atoms with Gasteiger partial charge in [-0.25, -0.2) is 10.6 Å². The Morgan fingerprint density at radius 2 is 1.81 bits per heavy atom. The van der Waals surface area contributed by atoms with Crippen LogP contribution in [0.1, 0.15) is 25.7 Å². The Morgan fingerprint density at radius 1 is 1.06 bits per heavy atom. The first-order valence-corrected chi connectivity index (χ1v) is 10.2. The van der Waals surface area contributed by atoms with Crippen LogP contribution in [0.25, 0.3) is 28.2 Å². The van der Waals surface area contributed by atoms with Gasteiger partial charge in [0, 0.05) is 33.3 Å². The lowest BCUT2D eigenvalue weighted by atomic mass is 10.1. The van der Waals surface area contributed by atoms with Crippen LogP contribution >= 0.6 is 0 Å². The Kier molecular flexibility index (Phi) is 5.47. The van der Waals surface area contributed by atoms with Gasteiger partial charge in [-0.15, -0.1) is 0 Å². The van der Waals surface area contributed by atoms with Crippen LogP contribution in [0.4, 0.5) is 0 Å². The summed E-state index contributed by atoms with van der Waals surface area (Å²) in [6.07, 6.45) is 4.67. The van der Waals surface area contributed by atoms with Crippen molar-refractivity contribution < 1.29 is 4.79 Å². The van der Waals surface area contributed by atoms with E-state index in [1.807, 2.05) is 36.5 Å². The number of carbonyl (C=O) groups excluding carboxylic acids is 1. The number of hydrogen-bond donors (Lipinski definition) is 2. The first-order valence-electron chi connectivity index (χ1n) is 10.2. The summed E-state index contributed by atoms with van der Waals surface area (Å²) in [5.74, 6) is 5.55. The summed E-state index contributed by atoms with van der Waals surface area (Å²) in [4.78, 5) is 41.2. The normalized spacial score (nSPS) is 11.5. The molecule has 3 heterocycles. The molecule has 0 aliphatic heterocycles. The number of rotatable bonds is 7. The van der Waals surface area contributed by atoms with Gasteiger partial charge in [-0.2, -0.15) is 4.98 Å². The second kappa shape index (κ2) is 8.23. The van der Waals surface area contributed by atoms with E-state index < -0.39 is 5.69 Å². The molecule has 1 amide bonds. The molecule has 1 aromatic carbocycles. The Hall–Kier alpha value is -3.66. The number of nitrogens with one attached hydrogen (secondary N) is 1. The van der Waals surface area contributed by atoms with Crippen molar-refractivity contribution in [3.8, 4) is 11.3 Å². The van der Waals surface area contributed by atoms with Gasteiger partial charge >= 0.3 is 5.69 Å². The average Bonchev–Trinajstić information content (AvgIpc) is 3.33. The number of hydrazine groups is 1. The van der Waals surface area contributed by atoms with E-state index in [-0.39, 0.29) is 11.5 Å². The molecule has 0 saturated heterocycles. The second-order valence-corrected chi connectivity index (χ2v) is 7.57. The summed E-state index contributed by atoms with van der Waals surface area (Å²) < 4.78 is 6.31. The van der Waals surface area contributed by atoms with Crippen molar-refractivity contribution in [3.05, 3.63) is 57.4 Å². The molecule has 3 N–H and O–H groups in total. The summed E-state index contributed by atoms with van der Waals surface area (Å²) in [5, 5.41) is 0. The van der Waals surface area contributed by atoms with Crippen molar-refractivity contribution in [2.24, 2.45) is 19.9 Å². The van der Waals surface area contributed by atoms with Crippen molar-refractivity contribution in [1.29, 1.82) is 0 Å². The standard InChI is InChI=1S/C21H25N7O3/c1-25-18-17(19(30)26(2)21(25)31)28-13-15(14-9-5-3-6-10-14)27(20(28)23-18)12-8-4-7-11-16(29)24-22/h3,5-6,9-10,13H,4,7-8,11-12,22H2,1-2H3,(H,24,29). The second-order valence-electron chi connectivity index (χ2n) is 7.57. The first kappa shape index (κ1) is 20.6. The van der Waals surface area contributed by atoms with Crippen LogP contribution in [0.3, 0.4) is 0 Å². The summed E-state index contributed by atoms with van der Waals surface area (Å²) in [5.41, 5.74) is 4.02. The van der Waals surface area contributed by atoms with Gasteiger partial charge in [0.2, 0.25) is 11.7 Å². The molecular weight excluding hydrogens is 398 g/mol. The molecule has 0 saturated carbocycles. The van der Waals surface area contributed by atoms with Crippen molar-refractivity contribution in [3.63, 3.8) is 0 Å². The molecular formula is C21H25N7O3. The van der Waals surface area contributed by atoms with Crippen molar-refractivity contribution in [2.75, 3.05) is 0 Å². The lowest BCUT2D eigenvalue weighted by Gasteiger charge is -2.09. The Labute approximate surface area is 177 Å². The van der Waals surface area contributed by atoms with Crippen molar-refractivity contribution in [2.45, 2.75) is 32.2 Å². The largest absolute Gasteiger partial charge is 0.332 e. The Bertz CT molecular complexity index is 1380. The SMILES string of the molecule is Cn1c(=O)c2c(nc3n(CCCCCC(=O)NN)c(-c4ccccc4)cn23)n(C)c1=O. The zero-order chi connectivity index (χ0) is 22.1. The van der Waals surface area contributed by atoms with E-state index in [0.717, 1.165) is 35.1 Å². The molecule has 0 aliphatic carbocycles. The smallest absolute Gasteiger partial charge is 0.310 e. The maximum Gasteiger partial charge on any atom is 0.332 e. The highest BCUT2D eigenvalue weighted by Gasteiger charge is 2.20. The number of fused-ring (bicyclic) bond motifs is 3. The molecule has 3 aromatic heterocycles. The van der Waals surface area contributed by atoms with Gasteiger partial charge < -0.3 is 4.57 Å². The van der Waals surface area contributed by atoms with Crippen LogP contribution in [-0.2, 0) is 25.4 Å². The third kappa shape index (κ3) is 3.55. The molecule has 4 rings (SSSR count). The number of nitrogens with zero attached hydrogens (tertiary/aromatic N) is 5. The molecule has 162 valence electrons. The van der Waals surface area contributed by atoms with Gasteiger partial charge in [-0.05, 0) is 18.4 Å². The van der Waals surface area contributed by atoms with E-state index in [1.54, 1.807) is 11.4 Å². The fourth-order valence-corrected chi connectivity index (χ4v) is 3.88. The van der Waals surface area contributed by atoms with E-state index in [1.165, 1.54) is 11.6 Å². The monoisotopic (exact) mass is 423 g/mol. The lowest BCUT2D eigenvalue weighted by molar-refractivity contribution is -0.121. The van der Waals surface area contributed by atoms with E-state index in [4.69, 9.17) is 5.84 Å². The van der Waals surface area contributed by atoms with Crippen LogP contribution in [0.15, 0.2) is 46.1 Å². The molecule has 0 aliphatic rings. The van der Waals surface area contributed by atoms with E-state index in [2.05, 4.69) is 15.0 Å². The highest BCUT2D eigenvalue weighted by atomic mass is 16.2. The van der Waals surface area contributed by atoms with Crippen molar-refractivity contribution >= 4 is 22.8 Å². The first-order chi connectivity index (χ1) is 14.9. The van der Waals surface area contributed by atoms with E-state index in [9.17, 15) is 14.4 Å². The number of amides is 1. The molecule has 0 unspecified atom stereocenters. The third-order valence-electron chi connectivity index (χ3n) is 5.57. The highest BCUT2D eigenvalue weighted by molar-refractivity contribution is 5.78. The van der Waals surface area contributed by atoms with Gasteiger partial charge in [-0.1, -0.05) is 36.8 Å². The van der Waals surface area contributed by atoms with Crippen molar-refractivity contribution in [1.82, 2.24) is 28.5 Å². The number of imidazole rings is 2. The molecule has 10 nitrogen and oxygen atoms in total. The molecule has 0 spiro atoms. The number of aryl methyl sites for hydroxylation is 2. The van der Waals surface area contributed by atoms with Crippen LogP contribution in [0, 0.1) is 0 Å². The fourth-order valence-electron chi connectivity index (χ4n) is 3.88. The van der Waals surface area contributed by atoms with Crippen LogP contribution in [0.5, 0.6) is 0 Å². The summed E-state index contributed by atoms with van der Waals surface area (Å²) in [6, 6.07) is 9.88. The zero-order valence-corrected chi connectivity index (χ0v) is 17.5. The highest BCUT2D eigenvalue weighted by Crippen LogP contribution is 2.26. The summed E-state index contributed by atoms with van der Waals surface area (Å²) in [7, 11) is 3.08. The predicted molar refractivity (Wildman–Crippen MR) is 117 cm³/mol. The lowest BCUT2D eigenvalue weighted by Crippen LogP contribution is -2.37. The van der Waals surface area contributed by atoms with Gasteiger partial charge in [-0.3, -0.25) is 28.5 Å². The van der Waals surface area contributed by atoms with Gasteiger partial charge in [0.15, 0.2) is 11.2 Å². The maximum atomic E-state index is 12.9. The molecule has 0 radical (unpaired) electrons. The predicted octanol–water partition coefficient (Wildman–Crippen LogP) is 0.904. The number of nitrogens with two attached hydrogens (primary N) is 1. The van der Waals surface area contributed by atoms with Gasteiger partial charge in [0.05, 0.1) is 5.69 Å². The molecule has 4 aromatic rings. The number of hydrogen-bond acceptors (Lipinski definition) is 5. The number of aromatic nitrogens is 5. The van der Waals surface area contributed by atoms with Gasteiger partial charge in [0.1, 0.15) is 0 Å². The zero-order valence-electron chi connectivity index (χ0n) is 17.5. The average molecular weight is 423 g/mol. The number of benzene rings is 1. The topological polar surface area (TPSA) is 121 Å². The molecule has 0 atom stereocenters. The van der Waals surface area contributed by atoms with Gasteiger partial charge in [0.25, 0.3) is 5.56 Å². The minimum absolute atomic E-state index is 0.176. The molecule has 10 heteroatoms. The van der Waals surface area contributed by atoms with Crippen LogP contribution in [-0.4, -0.2) is 29.0 Å². The minimum atomic E-state index is -0.411. The van der Waals surface area contributed by atoms with Crippen LogP contribution < -0.4 is 22.5 Å². The quantitative estimate of drug-likeness (QED) is 0.198. The van der Waals surface area contributed by atoms with E-state index in [0.29, 0.717) is 29.9 Å². The van der Waals surface area contributed by atoms with E-state index >= 15 is 0 Å². The van der Waals surface area contributed by atoms with Crippen LogP contribution in [0.2, 0.25) is 0 Å². The fraction of sp³-hybridized carbons (Fsp3) is 0.333. The Balaban J connectivity index is 1.80. The molecule has 31 heavy (non-hydrogen) atoms. The Morgan fingerprint density at radius 3 is 2.52 bits per heavy atom. The molecule has 0 fully saturated rings. The number of unbranched alkanes of at least 4 members (excludes halogenated alkanes) is 2. The minimum Gasteiger partial charge on any atom is -0.310 e. The summed E-state index contributed by atoms with van der Waals surface area (Å²) >= 11 is 0. The summed E-state index contributed by atoms with van der Waals surface area (Å²) in [6.45, 7) is 0.655. The third-order valence-corrected chi connectivity index (χ3v) is 5.57. The number of carbonyl (C=O) groups is 1. The maximum absolute atomic E-state index is 12.9.